The lowest BCUT2D eigenvalue weighted by molar-refractivity contribution is -0.142. The van der Waals surface area contributed by atoms with Gasteiger partial charge >= 0.3 is 0 Å². The maximum Gasteiger partial charge on any atom is 0.261 e. The molecule has 7 heteroatoms. The van der Waals surface area contributed by atoms with Crippen LogP contribution in [0, 0.1) is 0 Å². The summed E-state index contributed by atoms with van der Waals surface area (Å²) in [4.78, 5) is 29.0. The predicted molar refractivity (Wildman–Crippen MR) is 153 cm³/mol. The number of halogens is 1. The number of carbonyl (C=O) groups excluding carboxylic acids is 2. The van der Waals surface area contributed by atoms with E-state index < -0.39 is 6.04 Å². The average molecular weight is 543 g/mol. The molecule has 0 aliphatic carbocycles. The molecule has 0 aliphatic heterocycles. The minimum atomic E-state index is -0.787. The Morgan fingerprint density at radius 3 is 2.15 bits per heavy atom. The Labute approximate surface area is 234 Å². The van der Waals surface area contributed by atoms with Crippen LogP contribution in [0.1, 0.15) is 16.7 Å². The monoisotopic (exact) mass is 542 g/mol. The molecule has 200 valence electrons. The standard InChI is InChI=1S/C32H31ClN2O4/c1-38-30-15-9-8-12-26(30)21-34-32(37)29(20-24-10-4-2-5-11-24)35(22-25-16-18-27(33)19-17-25)31(36)23-39-28-13-6-3-7-14-28/h2-19,29H,20-23H2,1H3,(H,34,37)/t29-/m0/s1. The summed E-state index contributed by atoms with van der Waals surface area (Å²) in [6, 6.07) is 32.8. The van der Waals surface area contributed by atoms with Crippen LogP contribution in [0.4, 0.5) is 0 Å². The van der Waals surface area contributed by atoms with Gasteiger partial charge in [0, 0.05) is 30.1 Å². The van der Waals surface area contributed by atoms with Gasteiger partial charge in [-0.1, -0.05) is 90.5 Å². The topological polar surface area (TPSA) is 67.9 Å². The number of nitrogens with one attached hydrogen (secondary N) is 1. The van der Waals surface area contributed by atoms with Crippen LogP contribution in [-0.4, -0.2) is 36.5 Å². The smallest absolute Gasteiger partial charge is 0.261 e. The molecule has 0 fully saturated rings. The van der Waals surface area contributed by atoms with Gasteiger partial charge in [-0.15, -0.1) is 0 Å². The summed E-state index contributed by atoms with van der Waals surface area (Å²) in [7, 11) is 1.60. The van der Waals surface area contributed by atoms with E-state index >= 15 is 0 Å². The number of ether oxygens (including phenoxy) is 2. The normalized spacial score (nSPS) is 11.3. The molecule has 0 spiro atoms. The number of hydrogen-bond acceptors (Lipinski definition) is 4. The number of amides is 2. The zero-order chi connectivity index (χ0) is 27.5. The summed E-state index contributed by atoms with van der Waals surface area (Å²) in [5.41, 5.74) is 2.63. The fourth-order valence-electron chi connectivity index (χ4n) is 4.23. The molecular formula is C32H31ClN2O4. The molecule has 0 saturated heterocycles. The van der Waals surface area contributed by atoms with Gasteiger partial charge in [0.1, 0.15) is 17.5 Å². The van der Waals surface area contributed by atoms with Crippen molar-refractivity contribution in [1.82, 2.24) is 10.2 Å². The van der Waals surface area contributed by atoms with Gasteiger partial charge in [-0.25, -0.2) is 0 Å². The minimum absolute atomic E-state index is 0.206. The van der Waals surface area contributed by atoms with E-state index in [1.807, 2.05) is 84.9 Å². The summed E-state index contributed by atoms with van der Waals surface area (Å²) in [6.07, 6.45) is 0.337. The maximum atomic E-state index is 13.8. The second kappa shape index (κ2) is 14.0. The summed E-state index contributed by atoms with van der Waals surface area (Å²) in [5.74, 6) is 0.689. The predicted octanol–water partition coefficient (Wildman–Crippen LogP) is 5.68. The molecule has 0 bridgehead atoms. The van der Waals surface area contributed by atoms with E-state index in [9.17, 15) is 9.59 Å². The Bertz CT molecular complexity index is 1350. The van der Waals surface area contributed by atoms with Crippen molar-refractivity contribution in [2.24, 2.45) is 0 Å². The third kappa shape index (κ3) is 8.09. The van der Waals surface area contributed by atoms with Crippen LogP contribution in [0.5, 0.6) is 11.5 Å². The number of nitrogens with zero attached hydrogens (tertiary/aromatic N) is 1. The van der Waals surface area contributed by atoms with E-state index in [2.05, 4.69) is 5.32 Å². The molecule has 2 amide bonds. The number of methoxy groups -OCH3 is 1. The number of rotatable bonds is 12. The molecule has 6 nitrogen and oxygen atoms in total. The molecule has 4 aromatic rings. The molecule has 0 heterocycles. The zero-order valence-electron chi connectivity index (χ0n) is 21.8. The fourth-order valence-corrected chi connectivity index (χ4v) is 4.36. The van der Waals surface area contributed by atoms with Gasteiger partial charge in [-0.2, -0.15) is 0 Å². The van der Waals surface area contributed by atoms with Crippen LogP contribution >= 0.6 is 11.6 Å². The highest BCUT2D eigenvalue weighted by molar-refractivity contribution is 6.30. The van der Waals surface area contributed by atoms with Crippen molar-refractivity contribution < 1.29 is 19.1 Å². The molecule has 0 unspecified atom stereocenters. The Balaban J connectivity index is 1.61. The zero-order valence-corrected chi connectivity index (χ0v) is 22.5. The second-order valence-corrected chi connectivity index (χ2v) is 9.42. The molecule has 0 aliphatic rings. The van der Waals surface area contributed by atoms with E-state index in [0.29, 0.717) is 22.9 Å². The molecule has 4 rings (SSSR count). The number of carbonyl (C=O) groups is 2. The lowest BCUT2D eigenvalue weighted by Crippen LogP contribution is -2.51. The van der Waals surface area contributed by atoms with Crippen molar-refractivity contribution in [3.8, 4) is 11.5 Å². The quantitative estimate of drug-likeness (QED) is 0.250. The van der Waals surface area contributed by atoms with Gasteiger partial charge in [0.15, 0.2) is 6.61 Å². The Hall–Kier alpha value is -4.29. The highest BCUT2D eigenvalue weighted by atomic mass is 35.5. The summed E-state index contributed by atoms with van der Waals surface area (Å²) in [5, 5.41) is 3.62. The first-order chi connectivity index (χ1) is 19.0. The van der Waals surface area contributed by atoms with Crippen molar-refractivity contribution in [2.75, 3.05) is 13.7 Å². The fraction of sp³-hybridized carbons (Fsp3) is 0.188. The molecule has 1 N–H and O–H groups in total. The highest BCUT2D eigenvalue weighted by Crippen LogP contribution is 2.20. The minimum Gasteiger partial charge on any atom is -0.496 e. The molecule has 0 radical (unpaired) electrons. The summed E-state index contributed by atoms with van der Waals surface area (Å²) < 4.78 is 11.2. The van der Waals surface area contributed by atoms with Crippen LogP contribution in [0.2, 0.25) is 5.02 Å². The van der Waals surface area contributed by atoms with Crippen LogP contribution in [0.25, 0.3) is 0 Å². The van der Waals surface area contributed by atoms with Gasteiger partial charge in [-0.05, 0) is 41.5 Å². The third-order valence-electron chi connectivity index (χ3n) is 6.29. The summed E-state index contributed by atoms with van der Waals surface area (Å²) >= 11 is 6.10. The Morgan fingerprint density at radius 1 is 0.821 bits per heavy atom. The van der Waals surface area contributed by atoms with Gasteiger partial charge < -0.3 is 19.7 Å². The van der Waals surface area contributed by atoms with Crippen LogP contribution < -0.4 is 14.8 Å². The van der Waals surface area contributed by atoms with Gasteiger partial charge in [-0.3, -0.25) is 9.59 Å². The first-order valence-corrected chi connectivity index (χ1v) is 13.1. The largest absolute Gasteiger partial charge is 0.496 e. The van der Waals surface area contributed by atoms with Crippen LogP contribution in [0.15, 0.2) is 109 Å². The number of hydrogen-bond donors (Lipinski definition) is 1. The van der Waals surface area contributed by atoms with E-state index in [4.69, 9.17) is 21.1 Å². The Kier molecular flexibility index (Phi) is 9.98. The lowest BCUT2D eigenvalue weighted by atomic mass is 10.0. The first kappa shape index (κ1) is 27.7. The average Bonchev–Trinajstić information content (AvgIpc) is 2.98. The van der Waals surface area contributed by atoms with E-state index in [-0.39, 0.29) is 31.5 Å². The van der Waals surface area contributed by atoms with Gasteiger partial charge in [0.2, 0.25) is 5.91 Å². The SMILES string of the molecule is COc1ccccc1CNC(=O)[C@H](Cc1ccccc1)N(Cc1ccc(Cl)cc1)C(=O)COc1ccccc1. The van der Waals surface area contributed by atoms with Crippen LogP contribution in [0.3, 0.4) is 0 Å². The van der Waals surface area contributed by atoms with Crippen molar-refractivity contribution in [3.63, 3.8) is 0 Å². The van der Waals surface area contributed by atoms with E-state index in [1.54, 1.807) is 36.3 Å². The molecule has 4 aromatic carbocycles. The second-order valence-electron chi connectivity index (χ2n) is 8.99. The number of para-hydroxylation sites is 2. The Morgan fingerprint density at radius 2 is 1.46 bits per heavy atom. The summed E-state index contributed by atoms with van der Waals surface area (Å²) in [6.45, 7) is 0.272. The van der Waals surface area contributed by atoms with Crippen LogP contribution in [-0.2, 0) is 29.1 Å². The highest BCUT2D eigenvalue weighted by Gasteiger charge is 2.30. The number of benzene rings is 4. The molecule has 1 atom stereocenters. The van der Waals surface area contributed by atoms with Crippen molar-refractivity contribution in [3.05, 3.63) is 131 Å². The molecule has 39 heavy (non-hydrogen) atoms. The molecule has 0 aromatic heterocycles. The van der Waals surface area contributed by atoms with E-state index in [0.717, 1.165) is 16.7 Å². The maximum absolute atomic E-state index is 13.8. The third-order valence-corrected chi connectivity index (χ3v) is 6.54. The first-order valence-electron chi connectivity index (χ1n) is 12.7. The van der Waals surface area contributed by atoms with Crippen molar-refractivity contribution in [2.45, 2.75) is 25.6 Å². The van der Waals surface area contributed by atoms with Crippen molar-refractivity contribution >= 4 is 23.4 Å². The van der Waals surface area contributed by atoms with Crippen molar-refractivity contribution in [1.29, 1.82) is 0 Å². The molecular weight excluding hydrogens is 512 g/mol. The van der Waals surface area contributed by atoms with E-state index in [1.165, 1.54) is 0 Å². The molecule has 0 saturated carbocycles. The van der Waals surface area contributed by atoms with Gasteiger partial charge in [0.25, 0.3) is 5.91 Å². The lowest BCUT2D eigenvalue weighted by Gasteiger charge is -2.31. The van der Waals surface area contributed by atoms with Gasteiger partial charge in [0.05, 0.1) is 7.11 Å².